The van der Waals surface area contributed by atoms with Crippen LogP contribution in [0, 0.1) is 6.92 Å². The zero-order valence-electron chi connectivity index (χ0n) is 11.2. The lowest BCUT2D eigenvalue weighted by Crippen LogP contribution is -2.47. The Hall–Kier alpha value is -1.09. The monoisotopic (exact) mass is 233 g/mol. The van der Waals surface area contributed by atoms with Crippen molar-refractivity contribution < 1.29 is 0 Å². The molecule has 0 aromatic carbocycles. The zero-order valence-corrected chi connectivity index (χ0v) is 11.2. The van der Waals surface area contributed by atoms with E-state index in [-0.39, 0.29) is 0 Å². The lowest BCUT2D eigenvalue weighted by atomic mass is 9.96. The summed E-state index contributed by atoms with van der Waals surface area (Å²) in [6.07, 6.45) is 7.13. The molecule has 3 nitrogen and oxygen atoms in total. The van der Waals surface area contributed by atoms with Crippen molar-refractivity contribution in [1.29, 1.82) is 0 Å². The molecule has 1 saturated carbocycles. The van der Waals surface area contributed by atoms with Crippen molar-refractivity contribution >= 4 is 5.82 Å². The van der Waals surface area contributed by atoms with Crippen molar-refractivity contribution in [2.24, 2.45) is 0 Å². The Kier molecular flexibility index (Phi) is 3.67. The first kappa shape index (κ1) is 12.4. The van der Waals surface area contributed by atoms with Gasteiger partial charge in [0.25, 0.3) is 0 Å². The number of likely N-dealkylation sites (N-methyl/N-ethyl adjacent to an activating group) is 1. The van der Waals surface area contributed by atoms with Crippen LogP contribution < -0.4 is 5.32 Å². The van der Waals surface area contributed by atoms with E-state index in [2.05, 4.69) is 42.3 Å². The molecule has 0 bridgehead atoms. The molecule has 1 aliphatic carbocycles. The van der Waals surface area contributed by atoms with Gasteiger partial charge in [0.2, 0.25) is 0 Å². The third kappa shape index (κ3) is 2.60. The maximum absolute atomic E-state index is 4.40. The second kappa shape index (κ2) is 5.05. The Labute approximate surface area is 104 Å². The molecule has 0 saturated heterocycles. The van der Waals surface area contributed by atoms with Gasteiger partial charge in [-0.1, -0.05) is 18.9 Å². The predicted octanol–water partition coefficient (Wildman–Crippen LogP) is 2.68. The van der Waals surface area contributed by atoms with E-state index >= 15 is 0 Å². The summed E-state index contributed by atoms with van der Waals surface area (Å²) in [6.45, 7) is 3.10. The van der Waals surface area contributed by atoms with Gasteiger partial charge in [-0.3, -0.25) is 0 Å². The minimum absolute atomic E-state index is 0.323. The van der Waals surface area contributed by atoms with Crippen LogP contribution in [-0.2, 0) is 0 Å². The number of rotatable bonds is 4. The first-order valence-electron chi connectivity index (χ1n) is 6.47. The smallest absolute Gasteiger partial charge is 0.128 e. The highest BCUT2D eigenvalue weighted by Gasteiger charge is 2.35. The van der Waals surface area contributed by atoms with Gasteiger partial charge >= 0.3 is 0 Å². The number of nitrogens with zero attached hydrogens (tertiary/aromatic N) is 2. The molecule has 3 heteroatoms. The summed E-state index contributed by atoms with van der Waals surface area (Å²) in [7, 11) is 4.39. The average molecular weight is 233 g/mol. The van der Waals surface area contributed by atoms with Crippen molar-refractivity contribution in [3.05, 3.63) is 23.9 Å². The third-order valence-electron chi connectivity index (χ3n) is 4.08. The van der Waals surface area contributed by atoms with Crippen LogP contribution in [0.4, 0.5) is 5.82 Å². The van der Waals surface area contributed by atoms with E-state index in [1.54, 1.807) is 0 Å². The largest absolute Gasteiger partial charge is 0.368 e. The molecule has 0 amide bonds. The molecule has 0 atom stereocenters. The summed E-state index contributed by atoms with van der Waals surface area (Å²) >= 11 is 0. The maximum atomic E-state index is 4.40. The van der Waals surface area contributed by atoms with E-state index in [0.717, 1.165) is 12.4 Å². The number of aromatic nitrogens is 1. The number of pyridine rings is 1. The quantitative estimate of drug-likeness (QED) is 0.866. The van der Waals surface area contributed by atoms with Crippen molar-refractivity contribution in [3.63, 3.8) is 0 Å². The van der Waals surface area contributed by atoms with E-state index < -0.39 is 0 Å². The molecule has 17 heavy (non-hydrogen) atoms. The fourth-order valence-electron chi connectivity index (χ4n) is 2.73. The average Bonchev–Trinajstić information content (AvgIpc) is 2.78. The van der Waals surface area contributed by atoms with Crippen LogP contribution in [0.25, 0.3) is 0 Å². The number of hydrogen-bond acceptors (Lipinski definition) is 3. The zero-order chi connectivity index (χ0) is 12.3. The SMILES string of the molecule is Cc1cccnc1NCC1(N(C)C)CCCC1. The second-order valence-corrected chi connectivity index (χ2v) is 5.35. The van der Waals surface area contributed by atoms with Gasteiger partial charge in [-0.05, 0) is 45.5 Å². The first-order valence-corrected chi connectivity index (χ1v) is 6.47. The Morgan fingerprint density at radius 2 is 2.06 bits per heavy atom. The van der Waals surface area contributed by atoms with Crippen molar-refractivity contribution in [1.82, 2.24) is 9.88 Å². The highest BCUT2D eigenvalue weighted by atomic mass is 15.2. The molecule has 0 radical (unpaired) electrons. The molecule has 1 aromatic heterocycles. The minimum atomic E-state index is 0.323. The molecular formula is C14H23N3. The van der Waals surface area contributed by atoms with Gasteiger partial charge in [0.05, 0.1) is 0 Å². The van der Waals surface area contributed by atoms with Crippen LogP contribution in [0.5, 0.6) is 0 Å². The molecule has 2 rings (SSSR count). The Morgan fingerprint density at radius 1 is 1.35 bits per heavy atom. The maximum Gasteiger partial charge on any atom is 0.128 e. The van der Waals surface area contributed by atoms with Gasteiger partial charge < -0.3 is 10.2 Å². The normalized spacial score (nSPS) is 18.6. The molecule has 0 aliphatic heterocycles. The molecule has 1 heterocycles. The van der Waals surface area contributed by atoms with E-state index in [1.807, 2.05) is 12.3 Å². The van der Waals surface area contributed by atoms with E-state index in [9.17, 15) is 0 Å². The first-order chi connectivity index (χ1) is 8.14. The van der Waals surface area contributed by atoms with Crippen LogP contribution in [0.3, 0.4) is 0 Å². The topological polar surface area (TPSA) is 28.2 Å². The number of aryl methyl sites for hydroxylation is 1. The van der Waals surface area contributed by atoms with Gasteiger partial charge in [-0.15, -0.1) is 0 Å². The number of hydrogen-bond donors (Lipinski definition) is 1. The van der Waals surface area contributed by atoms with E-state index in [0.29, 0.717) is 5.54 Å². The van der Waals surface area contributed by atoms with Crippen LogP contribution >= 0.6 is 0 Å². The second-order valence-electron chi connectivity index (χ2n) is 5.35. The van der Waals surface area contributed by atoms with Crippen LogP contribution in [-0.4, -0.2) is 36.1 Å². The lowest BCUT2D eigenvalue weighted by molar-refractivity contribution is 0.172. The van der Waals surface area contributed by atoms with Gasteiger partial charge in [0, 0.05) is 18.3 Å². The van der Waals surface area contributed by atoms with Crippen LogP contribution in [0.2, 0.25) is 0 Å². The number of anilines is 1. The highest BCUT2D eigenvalue weighted by Crippen LogP contribution is 2.33. The molecule has 1 aromatic rings. The molecule has 0 spiro atoms. The molecule has 0 unspecified atom stereocenters. The third-order valence-corrected chi connectivity index (χ3v) is 4.08. The molecule has 1 fully saturated rings. The summed E-state index contributed by atoms with van der Waals surface area (Å²) in [5.41, 5.74) is 1.55. The Bertz CT molecular complexity index is 367. The van der Waals surface area contributed by atoms with E-state index in [1.165, 1.54) is 31.2 Å². The van der Waals surface area contributed by atoms with Crippen LogP contribution in [0.1, 0.15) is 31.2 Å². The lowest BCUT2D eigenvalue weighted by Gasteiger charge is -2.36. The van der Waals surface area contributed by atoms with Crippen LogP contribution in [0.15, 0.2) is 18.3 Å². The van der Waals surface area contributed by atoms with Gasteiger partial charge in [-0.25, -0.2) is 4.98 Å². The highest BCUT2D eigenvalue weighted by molar-refractivity contribution is 5.43. The minimum Gasteiger partial charge on any atom is -0.368 e. The van der Waals surface area contributed by atoms with Gasteiger partial charge in [-0.2, -0.15) is 0 Å². The molecule has 1 N–H and O–H groups in total. The van der Waals surface area contributed by atoms with E-state index in [4.69, 9.17) is 0 Å². The fourth-order valence-corrected chi connectivity index (χ4v) is 2.73. The standard InChI is InChI=1S/C14H23N3/c1-12-7-6-10-15-13(12)16-11-14(17(2)3)8-4-5-9-14/h6-7,10H,4-5,8-9,11H2,1-3H3,(H,15,16). The summed E-state index contributed by atoms with van der Waals surface area (Å²) in [5, 5.41) is 3.52. The van der Waals surface area contributed by atoms with Crippen molar-refractivity contribution in [3.8, 4) is 0 Å². The van der Waals surface area contributed by atoms with Gasteiger partial charge in [0.15, 0.2) is 0 Å². The molecular weight excluding hydrogens is 210 g/mol. The number of nitrogens with one attached hydrogen (secondary N) is 1. The predicted molar refractivity (Wildman–Crippen MR) is 72.3 cm³/mol. The van der Waals surface area contributed by atoms with Crippen molar-refractivity contribution in [2.45, 2.75) is 38.1 Å². The molecule has 94 valence electrons. The van der Waals surface area contributed by atoms with Crippen molar-refractivity contribution in [2.75, 3.05) is 26.0 Å². The fraction of sp³-hybridized carbons (Fsp3) is 0.643. The molecule has 1 aliphatic rings. The summed E-state index contributed by atoms with van der Waals surface area (Å²) < 4.78 is 0. The Balaban J connectivity index is 2.03. The summed E-state index contributed by atoms with van der Waals surface area (Å²) in [6, 6.07) is 4.09. The van der Waals surface area contributed by atoms with Gasteiger partial charge in [0.1, 0.15) is 5.82 Å². The summed E-state index contributed by atoms with van der Waals surface area (Å²) in [4.78, 5) is 6.78. The summed E-state index contributed by atoms with van der Waals surface area (Å²) in [5.74, 6) is 1.03. The Morgan fingerprint density at radius 3 is 2.65 bits per heavy atom.